The zero-order chi connectivity index (χ0) is 13.8. The van der Waals surface area contributed by atoms with Crippen molar-refractivity contribution < 1.29 is 0 Å². The second-order valence-electron chi connectivity index (χ2n) is 5.18. The van der Waals surface area contributed by atoms with Gasteiger partial charge in [-0.15, -0.1) is 0 Å². The van der Waals surface area contributed by atoms with Crippen LogP contribution in [0.2, 0.25) is 0 Å². The Morgan fingerprint density at radius 3 is 2.79 bits per heavy atom. The molecular weight excluding hydrogens is 322 g/mol. The van der Waals surface area contributed by atoms with Crippen LogP contribution >= 0.6 is 28.1 Å². The number of anilines is 1. The molecule has 0 spiro atoms. The molecule has 5 heteroatoms. The summed E-state index contributed by atoms with van der Waals surface area (Å²) in [4.78, 5) is 2.82. The van der Waals surface area contributed by atoms with Gasteiger partial charge in [-0.1, -0.05) is 28.1 Å². The first-order valence-electron chi connectivity index (χ1n) is 6.58. The Morgan fingerprint density at radius 1 is 1.47 bits per heavy atom. The minimum absolute atomic E-state index is 0.437. The second kappa shape index (κ2) is 6.68. The minimum atomic E-state index is 0.437. The molecule has 2 rings (SSSR count). The third-order valence-electron chi connectivity index (χ3n) is 3.67. The molecule has 0 atom stereocenters. The van der Waals surface area contributed by atoms with Crippen molar-refractivity contribution in [3.63, 3.8) is 0 Å². The van der Waals surface area contributed by atoms with E-state index >= 15 is 0 Å². The molecule has 0 aromatic heterocycles. The van der Waals surface area contributed by atoms with Gasteiger partial charge in [-0.25, -0.2) is 0 Å². The lowest BCUT2D eigenvalue weighted by Gasteiger charge is -2.29. The lowest BCUT2D eigenvalue weighted by atomic mass is 9.97. The zero-order valence-electron chi connectivity index (χ0n) is 11.2. The van der Waals surface area contributed by atoms with Gasteiger partial charge in [-0.3, -0.25) is 0 Å². The van der Waals surface area contributed by atoms with Crippen molar-refractivity contribution in [1.29, 1.82) is 0 Å². The van der Waals surface area contributed by atoms with E-state index in [1.54, 1.807) is 0 Å². The summed E-state index contributed by atoms with van der Waals surface area (Å²) in [7, 11) is 2.18. The molecule has 1 aliphatic rings. The molecule has 1 heterocycles. The topological polar surface area (TPSA) is 41.3 Å². The van der Waals surface area contributed by atoms with E-state index in [0.717, 1.165) is 28.2 Å². The van der Waals surface area contributed by atoms with Crippen LogP contribution in [0.3, 0.4) is 0 Å². The highest BCUT2D eigenvalue weighted by Gasteiger charge is 2.16. The Bertz CT molecular complexity index is 456. The number of benzene rings is 1. The number of piperidine rings is 1. The molecule has 19 heavy (non-hydrogen) atoms. The lowest BCUT2D eigenvalue weighted by molar-refractivity contribution is 0.226. The van der Waals surface area contributed by atoms with Gasteiger partial charge in [0.2, 0.25) is 0 Å². The summed E-state index contributed by atoms with van der Waals surface area (Å²) < 4.78 is 1.00. The van der Waals surface area contributed by atoms with Gasteiger partial charge in [0, 0.05) is 22.3 Å². The van der Waals surface area contributed by atoms with Gasteiger partial charge in [0.25, 0.3) is 0 Å². The molecule has 3 N–H and O–H groups in total. The molecule has 1 aromatic rings. The van der Waals surface area contributed by atoms with E-state index in [1.165, 1.54) is 25.9 Å². The van der Waals surface area contributed by atoms with E-state index in [-0.39, 0.29) is 0 Å². The van der Waals surface area contributed by atoms with Gasteiger partial charge in [0.05, 0.1) is 0 Å². The number of rotatable bonds is 4. The molecule has 1 fully saturated rings. The lowest BCUT2D eigenvalue weighted by Crippen LogP contribution is -2.33. The van der Waals surface area contributed by atoms with Gasteiger partial charge in [-0.2, -0.15) is 0 Å². The number of halogens is 1. The smallest absolute Gasteiger partial charge is 0.106 e. The molecule has 0 amide bonds. The predicted octanol–water partition coefficient (Wildman–Crippen LogP) is 2.84. The van der Waals surface area contributed by atoms with Crippen LogP contribution in [0.25, 0.3) is 0 Å². The third kappa shape index (κ3) is 4.16. The van der Waals surface area contributed by atoms with Crippen molar-refractivity contribution in [2.75, 3.05) is 32.0 Å². The first-order chi connectivity index (χ1) is 9.06. The highest BCUT2D eigenvalue weighted by molar-refractivity contribution is 9.10. The first kappa shape index (κ1) is 14.8. The molecule has 0 radical (unpaired) electrons. The summed E-state index contributed by atoms with van der Waals surface area (Å²) in [5.74, 6) is 0.735. The summed E-state index contributed by atoms with van der Waals surface area (Å²) >= 11 is 8.56. The Balaban J connectivity index is 1.97. The Labute approximate surface area is 128 Å². The van der Waals surface area contributed by atoms with Crippen molar-refractivity contribution in [3.05, 3.63) is 28.2 Å². The number of hydrogen-bond acceptors (Lipinski definition) is 3. The molecule has 0 unspecified atom stereocenters. The van der Waals surface area contributed by atoms with E-state index in [0.29, 0.717) is 4.99 Å². The maximum atomic E-state index is 5.77. The summed E-state index contributed by atoms with van der Waals surface area (Å²) in [6.45, 7) is 3.37. The maximum absolute atomic E-state index is 5.77. The van der Waals surface area contributed by atoms with Crippen LogP contribution in [0.4, 0.5) is 5.69 Å². The highest BCUT2D eigenvalue weighted by atomic mass is 79.9. The zero-order valence-corrected chi connectivity index (χ0v) is 13.6. The number of nitrogens with two attached hydrogens (primary N) is 1. The molecule has 0 bridgehead atoms. The van der Waals surface area contributed by atoms with Crippen LogP contribution < -0.4 is 11.1 Å². The van der Waals surface area contributed by atoms with Crippen molar-refractivity contribution in [2.45, 2.75) is 12.8 Å². The highest BCUT2D eigenvalue weighted by Crippen LogP contribution is 2.23. The molecule has 1 aliphatic heterocycles. The standard InChI is InChI=1S/C14H20BrN3S/c1-18-6-4-10(5-7-18)9-17-13-3-2-11(15)8-12(13)14(16)19/h2-3,8,10,17H,4-7,9H2,1H3,(H2,16,19). The molecule has 0 saturated carbocycles. The van der Waals surface area contributed by atoms with Crippen molar-refractivity contribution >= 4 is 38.8 Å². The van der Waals surface area contributed by atoms with Crippen LogP contribution in [0.1, 0.15) is 18.4 Å². The average Bonchev–Trinajstić information content (AvgIpc) is 2.39. The Kier molecular flexibility index (Phi) is 5.19. The molecule has 1 saturated heterocycles. The number of hydrogen-bond donors (Lipinski definition) is 2. The van der Waals surface area contributed by atoms with Crippen LogP contribution in [0, 0.1) is 5.92 Å². The van der Waals surface area contributed by atoms with Crippen molar-refractivity contribution in [3.8, 4) is 0 Å². The van der Waals surface area contributed by atoms with E-state index in [2.05, 4.69) is 33.2 Å². The van der Waals surface area contributed by atoms with Crippen LogP contribution in [-0.4, -0.2) is 36.6 Å². The van der Waals surface area contributed by atoms with Gasteiger partial charge < -0.3 is 16.0 Å². The monoisotopic (exact) mass is 341 g/mol. The summed E-state index contributed by atoms with van der Waals surface area (Å²) in [5, 5.41) is 3.50. The fraction of sp³-hybridized carbons (Fsp3) is 0.500. The minimum Gasteiger partial charge on any atom is -0.389 e. The molecule has 104 valence electrons. The summed E-state index contributed by atoms with van der Waals surface area (Å²) in [6, 6.07) is 6.02. The number of thiocarbonyl (C=S) groups is 1. The molecule has 3 nitrogen and oxygen atoms in total. The average molecular weight is 342 g/mol. The van der Waals surface area contributed by atoms with Crippen molar-refractivity contribution in [1.82, 2.24) is 4.90 Å². The maximum Gasteiger partial charge on any atom is 0.106 e. The van der Waals surface area contributed by atoms with E-state index in [1.807, 2.05) is 18.2 Å². The fourth-order valence-electron chi connectivity index (χ4n) is 2.39. The Hall–Kier alpha value is -0.650. The molecule has 0 aliphatic carbocycles. The first-order valence-corrected chi connectivity index (χ1v) is 7.78. The molecule has 1 aromatic carbocycles. The molecular formula is C14H20BrN3S. The van der Waals surface area contributed by atoms with E-state index < -0.39 is 0 Å². The van der Waals surface area contributed by atoms with Gasteiger partial charge in [0.15, 0.2) is 0 Å². The normalized spacial score (nSPS) is 17.4. The summed E-state index contributed by atoms with van der Waals surface area (Å²) in [5.41, 5.74) is 7.73. The van der Waals surface area contributed by atoms with Crippen LogP contribution in [0.15, 0.2) is 22.7 Å². The second-order valence-corrected chi connectivity index (χ2v) is 6.54. The number of nitrogens with one attached hydrogen (secondary N) is 1. The largest absolute Gasteiger partial charge is 0.389 e. The number of likely N-dealkylation sites (tertiary alicyclic amines) is 1. The van der Waals surface area contributed by atoms with Crippen LogP contribution in [0.5, 0.6) is 0 Å². The predicted molar refractivity (Wildman–Crippen MR) is 88.7 cm³/mol. The van der Waals surface area contributed by atoms with E-state index in [9.17, 15) is 0 Å². The van der Waals surface area contributed by atoms with Gasteiger partial charge in [-0.05, 0) is 57.1 Å². The quantitative estimate of drug-likeness (QED) is 0.826. The summed E-state index contributed by atoms with van der Waals surface area (Å²) in [6.07, 6.45) is 2.50. The van der Waals surface area contributed by atoms with Gasteiger partial charge in [0.1, 0.15) is 4.99 Å². The fourth-order valence-corrected chi connectivity index (χ4v) is 2.92. The SMILES string of the molecule is CN1CCC(CNc2ccc(Br)cc2C(N)=S)CC1. The van der Waals surface area contributed by atoms with Crippen molar-refractivity contribution in [2.24, 2.45) is 11.7 Å². The third-order valence-corrected chi connectivity index (χ3v) is 4.38. The Morgan fingerprint density at radius 2 is 2.16 bits per heavy atom. The van der Waals surface area contributed by atoms with Gasteiger partial charge >= 0.3 is 0 Å². The number of nitrogens with zero attached hydrogens (tertiary/aromatic N) is 1. The van der Waals surface area contributed by atoms with E-state index in [4.69, 9.17) is 18.0 Å². The van der Waals surface area contributed by atoms with Crippen LogP contribution in [-0.2, 0) is 0 Å².